The second-order valence-corrected chi connectivity index (χ2v) is 6.74. The summed E-state index contributed by atoms with van der Waals surface area (Å²) in [6.07, 6.45) is 3.14. The second kappa shape index (κ2) is 7.26. The molecule has 0 spiro atoms. The molecule has 1 saturated carbocycles. The van der Waals surface area contributed by atoms with E-state index in [2.05, 4.69) is 42.5 Å². The van der Waals surface area contributed by atoms with Crippen molar-refractivity contribution < 1.29 is 14.7 Å². The molecule has 2 unspecified atom stereocenters. The summed E-state index contributed by atoms with van der Waals surface area (Å²) in [4.78, 5) is 23.3. The van der Waals surface area contributed by atoms with Gasteiger partial charge in [-0.2, -0.15) is 0 Å². The molecule has 114 valence electrons. The van der Waals surface area contributed by atoms with Crippen LogP contribution < -0.4 is 10.6 Å². The van der Waals surface area contributed by atoms with Crippen LogP contribution in [0.4, 0.5) is 10.5 Å². The van der Waals surface area contributed by atoms with Crippen molar-refractivity contribution in [2.24, 2.45) is 5.92 Å². The highest BCUT2D eigenvalue weighted by Crippen LogP contribution is 2.30. The molecule has 2 amide bonds. The van der Waals surface area contributed by atoms with Crippen LogP contribution in [0.15, 0.2) is 27.1 Å². The number of carboxylic acid groups (broad SMARTS) is 1. The molecule has 0 bridgehead atoms. The molecule has 0 radical (unpaired) electrons. The smallest absolute Gasteiger partial charge is 0.319 e. The molecule has 1 fully saturated rings. The van der Waals surface area contributed by atoms with Crippen molar-refractivity contribution in [3.05, 3.63) is 27.1 Å². The Morgan fingerprint density at radius 1 is 1.14 bits per heavy atom. The summed E-state index contributed by atoms with van der Waals surface area (Å²) in [6, 6.07) is 4.78. The van der Waals surface area contributed by atoms with Gasteiger partial charge < -0.3 is 15.7 Å². The maximum Gasteiger partial charge on any atom is 0.319 e. The van der Waals surface area contributed by atoms with Gasteiger partial charge in [0.05, 0.1) is 11.6 Å². The van der Waals surface area contributed by atoms with E-state index in [1.165, 1.54) is 0 Å². The number of amides is 2. The van der Waals surface area contributed by atoms with Crippen LogP contribution in [0.1, 0.15) is 25.7 Å². The summed E-state index contributed by atoms with van der Waals surface area (Å²) in [5, 5.41) is 14.7. The number of halogens is 2. The van der Waals surface area contributed by atoms with E-state index < -0.39 is 11.9 Å². The molecule has 1 aliphatic carbocycles. The Hall–Kier alpha value is -1.08. The average molecular weight is 420 g/mol. The first-order valence-corrected chi connectivity index (χ1v) is 8.32. The van der Waals surface area contributed by atoms with Gasteiger partial charge in [0.1, 0.15) is 0 Å². The molecule has 2 atom stereocenters. The van der Waals surface area contributed by atoms with Crippen LogP contribution in [0.5, 0.6) is 0 Å². The second-order valence-electron chi connectivity index (χ2n) is 5.03. The van der Waals surface area contributed by atoms with E-state index >= 15 is 0 Å². The fourth-order valence-electron chi connectivity index (χ4n) is 2.53. The van der Waals surface area contributed by atoms with Gasteiger partial charge in [-0.15, -0.1) is 0 Å². The maximum atomic E-state index is 12.1. The molecule has 0 heterocycles. The highest BCUT2D eigenvalue weighted by atomic mass is 79.9. The number of hydrogen-bond acceptors (Lipinski definition) is 2. The minimum atomic E-state index is -0.845. The Morgan fingerprint density at radius 2 is 1.76 bits per heavy atom. The molecule has 21 heavy (non-hydrogen) atoms. The molecule has 5 nitrogen and oxygen atoms in total. The van der Waals surface area contributed by atoms with Crippen molar-refractivity contribution in [3.63, 3.8) is 0 Å². The zero-order chi connectivity index (χ0) is 15.4. The number of aliphatic carboxylic acids is 1. The lowest BCUT2D eigenvalue weighted by molar-refractivity contribution is -0.143. The molecule has 1 aromatic rings. The highest BCUT2D eigenvalue weighted by molar-refractivity contribution is 9.11. The van der Waals surface area contributed by atoms with Gasteiger partial charge in [0, 0.05) is 15.0 Å². The van der Waals surface area contributed by atoms with Crippen LogP contribution in [0.25, 0.3) is 0 Å². The molecular formula is C14H16Br2N2O3. The Bertz CT molecular complexity index is 531. The van der Waals surface area contributed by atoms with E-state index in [0.29, 0.717) is 18.5 Å². The summed E-state index contributed by atoms with van der Waals surface area (Å²) < 4.78 is 1.51. The Balaban J connectivity index is 2.02. The molecule has 0 aliphatic heterocycles. The monoisotopic (exact) mass is 418 g/mol. The van der Waals surface area contributed by atoms with E-state index in [9.17, 15) is 14.7 Å². The first-order valence-electron chi connectivity index (χ1n) is 6.73. The third kappa shape index (κ3) is 4.20. The molecule has 7 heteroatoms. The van der Waals surface area contributed by atoms with Crippen molar-refractivity contribution in [3.8, 4) is 0 Å². The highest BCUT2D eigenvalue weighted by Gasteiger charge is 2.31. The fraction of sp³-hybridized carbons (Fsp3) is 0.429. The molecular weight excluding hydrogens is 404 g/mol. The lowest BCUT2D eigenvalue weighted by atomic mass is 9.84. The van der Waals surface area contributed by atoms with Crippen molar-refractivity contribution in [2.75, 3.05) is 5.32 Å². The zero-order valence-corrected chi connectivity index (χ0v) is 14.4. The number of anilines is 1. The van der Waals surface area contributed by atoms with E-state index in [1.807, 2.05) is 18.2 Å². The number of urea groups is 1. The van der Waals surface area contributed by atoms with Crippen molar-refractivity contribution >= 4 is 49.5 Å². The summed E-state index contributed by atoms with van der Waals surface area (Å²) in [7, 11) is 0. The number of carbonyl (C=O) groups is 2. The lowest BCUT2D eigenvalue weighted by Gasteiger charge is -2.29. The van der Waals surface area contributed by atoms with Crippen LogP contribution >= 0.6 is 31.9 Å². The average Bonchev–Trinajstić information content (AvgIpc) is 2.43. The van der Waals surface area contributed by atoms with E-state index in [4.69, 9.17) is 0 Å². The molecule has 1 aliphatic rings. The first kappa shape index (κ1) is 16.3. The summed E-state index contributed by atoms with van der Waals surface area (Å²) in [6.45, 7) is 0. The van der Waals surface area contributed by atoms with Crippen molar-refractivity contribution in [1.82, 2.24) is 5.32 Å². The molecule has 1 aromatic carbocycles. The van der Waals surface area contributed by atoms with Crippen LogP contribution in [0, 0.1) is 5.92 Å². The Morgan fingerprint density at radius 3 is 2.38 bits per heavy atom. The number of rotatable bonds is 3. The molecule has 0 saturated heterocycles. The largest absolute Gasteiger partial charge is 0.481 e. The van der Waals surface area contributed by atoms with Gasteiger partial charge in [0.25, 0.3) is 0 Å². The molecule has 2 rings (SSSR count). The third-order valence-electron chi connectivity index (χ3n) is 3.60. The first-order chi connectivity index (χ1) is 9.99. The van der Waals surface area contributed by atoms with Crippen LogP contribution in [0.3, 0.4) is 0 Å². The number of carbonyl (C=O) groups excluding carboxylic acids is 1. The van der Waals surface area contributed by atoms with Crippen LogP contribution in [0.2, 0.25) is 0 Å². The summed E-state index contributed by atoms with van der Waals surface area (Å²) in [5.74, 6) is -1.35. The topological polar surface area (TPSA) is 78.4 Å². The SMILES string of the molecule is O=C(Nc1c(Br)cccc1Br)NC1CCCCC1C(=O)O. The van der Waals surface area contributed by atoms with E-state index in [-0.39, 0.29) is 12.1 Å². The van der Waals surface area contributed by atoms with E-state index in [1.54, 1.807) is 0 Å². The number of hydrogen-bond donors (Lipinski definition) is 3. The van der Waals surface area contributed by atoms with Crippen LogP contribution in [-0.2, 0) is 4.79 Å². The fourth-order valence-corrected chi connectivity index (χ4v) is 3.73. The van der Waals surface area contributed by atoms with Crippen LogP contribution in [-0.4, -0.2) is 23.1 Å². The number of benzene rings is 1. The van der Waals surface area contributed by atoms with Gasteiger partial charge in [-0.1, -0.05) is 18.9 Å². The zero-order valence-electron chi connectivity index (χ0n) is 11.2. The van der Waals surface area contributed by atoms with Gasteiger partial charge >= 0.3 is 12.0 Å². The van der Waals surface area contributed by atoms with Gasteiger partial charge in [0.2, 0.25) is 0 Å². The maximum absolute atomic E-state index is 12.1. The third-order valence-corrected chi connectivity index (χ3v) is 4.92. The predicted octanol–water partition coefficient (Wildman–Crippen LogP) is 3.98. The minimum Gasteiger partial charge on any atom is -0.481 e. The van der Waals surface area contributed by atoms with E-state index in [0.717, 1.165) is 21.8 Å². The Kier molecular flexibility index (Phi) is 5.64. The number of para-hydroxylation sites is 1. The van der Waals surface area contributed by atoms with Crippen molar-refractivity contribution in [2.45, 2.75) is 31.7 Å². The standard InChI is InChI=1S/C14H16Br2N2O3/c15-9-5-3-6-10(16)12(9)18-14(21)17-11-7-2-1-4-8(11)13(19)20/h3,5-6,8,11H,1-2,4,7H2,(H,19,20)(H2,17,18,21). The van der Waals surface area contributed by atoms with Gasteiger partial charge in [-0.25, -0.2) is 4.79 Å². The summed E-state index contributed by atoms with van der Waals surface area (Å²) >= 11 is 6.74. The molecule has 3 N–H and O–H groups in total. The predicted molar refractivity (Wildman–Crippen MR) is 87.4 cm³/mol. The quantitative estimate of drug-likeness (QED) is 0.693. The number of carboxylic acids is 1. The van der Waals surface area contributed by atoms with Gasteiger partial charge in [-0.3, -0.25) is 4.79 Å². The Labute approximate surface area is 139 Å². The molecule has 0 aromatic heterocycles. The van der Waals surface area contributed by atoms with Crippen molar-refractivity contribution in [1.29, 1.82) is 0 Å². The summed E-state index contributed by atoms with van der Waals surface area (Å²) in [5.41, 5.74) is 0.623. The normalized spacial score (nSPS) is 21.6. The minimum absolute atomic E-state index is 0.322. The van der Waals surface area contributed by atoms with Gasteiger partial charge in [0.15, 0.2) is 0 Å². The number of nitrogens with one attached hydrogen (secondary N) is 2. The lowest BCUT2D eigenvalue weighted by Crippen LogP contribution is -2.46. The van der Waals surface area contributed by atoms with Gasteiger partial charge in [-0.05, 0) is 56.8 Å².